The van der Waals surface area contributed by atoms with Crippen LogP contribution in [0.15, 0.2) is 57.9 Å². The van der Waals surface area contributed by atoms with Gasteiger partial charge >= 0.3 is 0 Å². The predicted octanol–water partition coefficient (Wildman–Crippen LogP) is 3.17. The smallest absolute Gasteiger partial charge is 0.207 e. The Bertz CT molecular complexity index is 743. The van der Waals surface area contributed by atoms with Crippen LogP contribution in [0.2, 0.25) is 0 Å². The van der Waals surface area contributed by atoms with Crippen LogP contribution in [0.5, 0.6) is 0 Å². The topological polar surface area (TPSA) is 37.4 Å². The van der Waals surface area contributed by atoms with E-state index in [2.05, 4.69) is 15.9 Å². The van der Waals surface area contributed by atoms with Crippen molar-refractivity contribution in [3.63, 3.8) is 0 Å². The Labute approximate surface area is 121 Å². The van der Waals surface area contributed by atoms with Crippen molar-refractivity contribution in [3.8, 4) is 0 Å². The second-order valence-electron chi connectivity index (χ2n) is 4.52. The maximum atomic E-state index is 12.4. The molecule has 1 heterocycles. The molecule has 98 valence electrons. The van der Waals surface area contributed by atoms with Crippen LogP contribution in [0.3, 0.4) is 0 Å². The summed E-state index contributed by atoms with van der Waals surface area (Å²) in [6, 6.07) is 14.7. The van der Waals surface area contributed by atoms with Crippen molar-refractivity contribution < 1.29 is 8.42 Å². The normalized spacial score (nSPS) is 21.3. The molecule has 0 bridgehead atoms. The molecule has 2 aromatic rings. The van der Waals surface area contributed by atoms with Gasteiger partial charge < -0.3 is 0 Å². The average molecular weight is 338 g/mol. The van der Waals surface area contributed by atoms with Gasteiger partial charge in [-0.05, 0) is 29.3 Å². The molecular formula is C14H12BrNO2S. The highest BCUT2D eigenvalue weighted by atomic mass is 79.9. The Morgan fingerprint density at radius 2 is 1.84 bits per heavy atom. The third-order valence-corrected chi connectivity index (χ3v) is 5.79. The molecule has 3 rings (SSSR count). The highest BCUT2D eigenvalue weighted by molar-refractivity contribution is 9.10. The Kier molecular flexibility index (Phi) is 3.00. The molecule has 1 aliphatic heterocycles. The quantitative estimate of drug-likeness (QED) is 0.801. The highest BCUT2D eigenvalue weighted by Crippen LogP contribution is 2.42. The van der Waals surface area contributed by atoms with Crippen LogP contribution in [0.4, 0.5) is 0 Å². The van der Waals surface area contributed by atoms with Crippen LogP contribution in [0.1, 0.15) is 17.2 Å². The Balaban J connectivity index is 2.24. The lowest BCUT2D eigenvalue weighted by Gasteiger charge is -2.19. The molecule has 5 heteroatoms. The molecule has 0 saturated heterocycles. The zero-order chi connectivity index (χ0) is 13.6. The average Bonchev–Trinajstić information content (AvgIpc) is 2.58. The molecule has 0 spiro atoms. The van der Waals surface area contributed by atoms with Gasteiger partial charge in [0.1, 0.15) is 0 Å². The fraction of sp³-hybridized carbons (Fsp3) is 0.143. The number of hydrogen-bond donors (Lipinski definition) is 0. The maximum Gasteiger partial charge on any atom is 0.244 e. The van der Waals surface area contributed by atoms with Crippen molar-refractivity contribution in [2.45, 2.75) is 10.9 Å². The lowest BCUT2D eigenvalue weighted by atomic mass is 9.99. The first kappa shape index (κ1) is 12.8. The summed E-state index contributed by atoms with van der Waals surface area (Å²) in [7, 11) is -1.75. The van der Waals surface area contributed by atoms with E-state index in [-0.39, 0.29) is 6.04 Å². The zero-order valence-electron chi connectivity index (χ0n) is 10.2. The monoisotopic (exact) mass is 337 g/mol. The first-order valence-corrected chi connectivity index (χ1v) is 8.07. The molecule has 3 nitrogen and oxygen atoms in total. The minimum atomic E-state index is -3.38. The molecule has 0 radical (unpaired) electrons. The number of benzene rings is 2. The summed E-state index contributed by atoms with van der Waals surface area (Å²) < 4.78 is 27.1. The molecule has 0 aromatic heterocycles. The molecule has 19 heavy (non-hydrogen) atoms. The first-order chi connectivity index (χ1) is 9.01. The summed E-state index contributed by atoms with van der Waals surface area (Å²) in [6.07, 6.45) is 0. The fourth-order valence-electron chi connectivity index (χ4n) is 2.50. The summed E-state index contributed by atoms with van der Waals surface area (Å²) in [4.78, 5) is 0.405. The van der Waals surface area contributed by atoms with Crippen molar-refractivity contribution in [1.82, 2.24) is 4.31 Å². The van der Waals surface area contributed by atoms with Crippen molar-refractivity contribution in [2.24, 2.45) is 0 Å². The molecular weight excluding hydrogens is 326 g/mol. The molecule has 0 N–H and O–H groups in total. The summed E-state index contributed by atoms with van der Waals surface area (Å²) in [5, 5.41) is 0. The van der Waals surface area contributed by atoms with E-state index in [1.807, 2.05) is 36.4 Å². The van der Waals surface area contributed by atoms with Gasteiger partial charge in [-0.25, -0.2) is 8.42 Å². The SMILES string of the molecule is CN1C(c2cccc(Br)c2)c2ccccc2S1(=O)=O. The standard InChI is InChI=1S/C14H12BrNO2S/c1-16-14(10-5-4-6-11(15)9-10)12-7-2-3-8-13(12)19(16,17)18/h2-9,14H,1H3. The second-order valence-corrected chi connectivity index (χ2v) is 7.40. The van der Waals surface area contributed by atoms with Gasteiger partial charge in [0, 0.05) is 11.5 Å². The Morgan fingerprint density at radius 1 is 1.11 bits per heavy atom. The molecule has 1 atom stereocenters. The largest absolute Gasteiger partial charge is 0.244 e. The molecule has 0 aliphatic carbocycles. The van der Waals surface area contributed by atoms with E-state index in [1.165, 1.54) is 4.31 Å². The van der Waals surface area contributed by atoms with Gasteiger partial charge in [-0.2, -0.15) is 4.31 Å². The number of rotatable bonds is 1. The van der Waals surface area contributed by atoms with Crippen LogP contribution in [0.25, 0.3) is 0 Å². The van der Waals surface area contributed by atoms with Gasteiger partial charge in [0.2, 0.25) is 10.0 Å². The van der Waals surface area contributed by atoms with Gasteiger partial charge in [-0.1, -0.05) is 46.3 Å². The van der Waals surface area contributed by atoms with Gasteiger partial charge in [-0.3, -0.25) is 0 Å². The number of halogens is 1. The Morgan fingerprint density at radius 3 is 2.58 bits per heavy atom. The van der Waals surface area contributed by atoms with Crippen LogP contribution in [0, 0.1) is 0 Å². The first-order valence-electron chi connectivity index (χ1n) is 5.84. The summed E-state index contributed by atoms with van der Waals surface area (Å²) in [5.41, 5.74) is 1.80. The third-order valence-electron chi connectivity index (χ3n) is 3.40. The number of nitrogens with zero attached hydrogens (tertiary/aromatic N) is 1. The second kappa shape index (κ2) is 4.44. The van der Waals surface area contributed by atoms with Crippen LogP contribution in [-0.4, -0.2) is 19.8 Å². The van der Waals surface area contributed by atoms with Crippen LogP contribution >= 0.6 is 15.9 Å². The van der Waals surface area contributed by atoms with Crippen molar-refractivity contribution in [2.75, 3.05) is 7.05 Å². The van der Waals surface area contributed by atoms with E-state index in [0.29, 0.717) is 4.90 Å². The van der Waals surface area contributed by atoms with Gasteiger partial charge in [0.15, 0.2) is 0 Å². The number of sulfonamides is 1. The van der Waals surface area contributed by atoms with E-state index in [0.717, 1.165) is 15.6 Å². The van der Waals surface area contributed by atoms with Crippen molar-refractivity contribution in [1.29, 1.82) is 0 Å². The molecule has 0 amide bonds. The molecule has 1 unspecified atom stereocenters. The minimum absolute atomic E-state index is 0.251. The van der Waals surface area contributed by atoms with E-state index in [9.17, 15) is 8.42 Å². The lowest BCUT2D eigenvalue weighted by molar-refractivity contribution is 0.440. The predicted molar refractivity (Wildman–Crippen MR) is 77.4 cm³/mol. The maximum absolute atomic E-state index is 12.4. The molecule has 0 fully saturated rings. The molecule has 0 saturated carbocycles. The number of fused-ring (bicyclic) bond motifs is 1. The van der Waals surface area contributed by atoms with Crippen molar-refractivity contribution in [3.05, 3.63) is 64.1 Å². The van der Waals surface area contributed by atoms with Gasteiger partial charge in [0.05, 0.1) is 10.9 Å². The van der Waals surface area contributed by atoms with E-state index in [4.69, 9.17) is 0 Å². The third kappa shape index (κ3) is 1.93. The van der Waals surface area contributed by atoms with E-state index in [1.54, 1.807) is 19.2 Å². The van der Waals surface area contributed by atoms with Crippen LogP contribution in [-0.2, 0) is 10.0 Å². The van der Waals surface area contributed by atoms with Gasteiger partial charge in [-0.15, -0.1) is 0 Å². The molecule has 2 aromatic carbocycles. The van der Waals surface area contributed by atoms with Gasteiger partial charge in [0.25, 0.3) is 0 Å². The van der Waals surface area contributed by atoms with E-state index < -0.39 is 10.0 Å². The fourth-order valence-corrected chi connectivity index (χ4v) is 4.47. The highest BCUT2D eigenvalue weighted by Gasteiger charge is 2.40. The number of hydrogen-bond acceptors (Lipinski definition) is 2. The lowest BCUT2D eigenvalue weighted by Crippen LogP contribution is -2.24. The summed E-state index contributed by atoms with van der Waals surface area (Å²) >= 11 is 3.43. The minimum Gasteiger partial charge on any atom is -0.207 e. The zero-order valence-corrected chi connectivity index (χ0v) is 12.6. The van der Waals surface area contributed by atoms with E-state index >= 15 is 0 Å². The van der Waals surface area contributed by atoms with Crippen LogP contribution < -0.4 is 0 Å². The summed E-state index contributed by atoms with van der Waals surface area (Å²) in [6.45, 7) is 0. The molecule has 1 aliphatic rings. The van der Waals surface area contributed by atoms with Crippen molar-refractivity contribution >= 4 is 26.0 Å². The Hall–Kier alpha value is -1.17. The summed E-state index contributed by atoms with van der Waals surface area (Å²) in [5.74, 6) is 0.